The summed E-state index contributed by atoms with van der Waals surface area (Å²) in [6, 6.07) is 7.92. The number of hydrogen-bond acceptors (Lipinski definition) is 2. The second-order valence-corrected chi connectivity index (χ2v) is 5.55. The third-order valence-electron chi connectivity index (χ3n) is 2.50. The monoisotopic (exact) mass is 315 g/mol. The highest BCUT2D eigenvalue weighted by Gasteiger charge is 2.12. The lowest BCUT2D eigenvalue weighted by Crippen LogP contribution is -2.32. The van der Waals surface area contributed by atoms with Gasteiger partial charge in [-0.2, -0.15) is 0 Å². The van der Waals surface area contributed by atoms with Crippen LogP contribution in [-0.4, -0.2) is 23.5 Å². The largest absolute Gasteiger partial charge is 0.350 e. The van der Waals surface area contributed by atoms with E-state index >= 15 is 0 Å². The minimum atomic E-state index is 0.0250. The molecule has 1 atom stereocenters. The first-order valence-electron chi connectivity index (χ1n) is 5.69. The first-order chi connectivity index (χ1) is 8.19. The summed E-state index contributed by atoms with van der Waals surface area (Å²) in [6.07, 6.45) is 4.06. The molecule has 1 unspecified atom stereocenters. The van der Waals surface area contributed by atoms with Crippen molar-refractivity contribution in [3.63, 3.8) is 0 Å². The van der Waals surface area contributed by atoms with Gasteiger partial charge in [0.15, 0.2) is 0 Å². The highest BCUT2D eigenvalue weighted by Crippen LogP contribution is 2.19. The Morgan fingerprint density at radius 1 is 1.47 bits per heavy atom. The van der Waals surface area contributed by atoms with Crippen LogP contribution < -0.4 is 5.32 Å². The van der Waals surface area contributed by atoms with Crippen LogP contribution in [0.5, 0.6) is 0 Å². The summed E-state index contributed by atoms with van der Waals surface area (Å²) in [7, 11) is 0. The molecule has 0 saturated carbocycles. The number of carbonyl (C=O) groups excluding carboxylic acids is 1. The highest BCUT2D eigenvalue weighted by molar-refractivity contribution is 9.09. The number of halogens is 1. The highest BCUT2D eigenvalue weighted by atomic mass is 79.9. The smallest absolute Gasteiger partial charge is 0.252 e. The van der Waals surface area contributed by atoms with Crippen LogP contribution >= 0.6 is 27.7 Å². The van der Waals surface area contributed by atoms with Crippen LogP contribution in [0.25, 0.3) is 0 Å². The summed E-state index contributed by atoms with van der Waals surface area (Å²) in [4.78, 5) is 13.1. The van der Waals surface area contributed by atoms with Crippen molar-refractivity contribution >= 4 is 33.6 Å². The zero-order valence-corrected chi connectivity index (χ0v) is 12.6. The Kier molecular flexibility index (Phi) is 6.66. The Morgan fingerprint density at radius 3 is 2.82 bits per heavy atom. The molecule has 1 rings (SSSR count). The molecule has 0 aliphatic heterocycles. The normalized spacial score (nSPS) is 12.2. The number of hydrogen-bond donors (Lipinski definition) is 1. The van der Waals surface area contributed by atoms with Crippen LogP contribution in [0.3, 0.4) is 0 Å². The molecule has 17 heavy (non-hydrogen) atoms. The lowest BCUT2D eigenvalue weighted by atomic mass is 10.1. The maximum absolute atomic E-state index is 12.1. The van der Waals surface area contributed by atoms with Gasteiger partial charge in [-0.1, -0.05) is 28.1 Å². The summed E-state index contributed by atoms with van der Waals surface area (Å²) in [5.41, 5.74) is 0.769. The van der Waals surface area contributed by atoms with Gasteiger partial charge >= 0.3 is 0 Å². The van der Waals surface area contributed by atoms with Crippen LogP contribution in [-0.2, 0) is 0 Å². The number of nitrogens with one attached hydrogen (secondary N) is 1. The number of benzene rings is 1. The van der Waals surface area contributed by atoms with Crippen LogP contribution in [0.2, 0.25) is 0 Å². The third kappa shape index (κ3) is 4.72. The van der Waals surface area contributed by atoms with Gasteiger partial charge in [-0.05, 0) is 38.2 Å². The van der Waals surface area contributed by atoms with E-state index in [1.54, 1.807) is 11.8 Å². The molecule has 0 aromatic heterocycles. The average molecular weight is 316 g/mol. The molecule has 0 spiro atoms. The van der Waals surface area contributed by atoms with Crippen molar-refractivity contribution in [2.45, 2.75) is 30.7 Å². The van der Waals surface area contributed by atoms with Crippen molar-refractivity contribution in [1.29, 1.82) is 0 Å². The third-order valence-corrected chi connectivity index (χ3v) is 3.86. The molecule has 0 saturated heterocycles. The van der Waals surface area contributed by atoms with Gasteiger partial charge in [-0.3, -0.25) is 4.79 Å². The van der Waals surface area contributed by atoms with Crippen molar-refractivity contribution in [3.8, 4) is 0 Å². The predicted octanol–water partition coefficient (Wildman–Crippen LogP) is 3.70. The number of thioether (sulfide) groups is 1. The molecule has 1 aromatic rings. The van der Waals surface area contributed by atoms with Gasteiger partial charge in [0, 0.05) is 16.3 Å². The van der Waals surface area contributed by atoms with Gasteiger partial charge in [0.1, 0.15) is 0 Å². The summed E-state index contributed by atoms with van der Waals surface area (Å²) in [5.74, 6) is 0.0250. The predicted molar refractivity (Wildman–Crippen MR) is 78.2 cm³/mol. The fourth-order valence-electron chi connectivity index (χ4n) is 1.59. The van der Waals surface area contributed by atoms with E-state index in [2.05, 4.69) is 21.2 Å². The molecule has 1 aromatic carbocycles. The van der Waals surface area contributed by atoms with Crippen molar-refractivity contribution in [2.24, 2.45) is 0 Å². The van der Waals surface area contributed by atoms with Crippen molar-refractivity contribution in [2.75, 3.05) is 11.6 Å². The lowest BCUT2D eigenvalue weighted by Gasteiger charge is -2.14. The summed E-state index contributed by atoms with van der Waals surface area (Å²) < 4.78 is 0. The summed E-state index contributed by atoms with van der Waals surface area (Å²) >= 11 is 5.00. The molecule has 94 valence electrons. The Hall–Kier alpha value is -0.480. The standard InChI is InChI=1S/C13H18BrNOS/c1-10(6-5-9-14)15-13(16)11-7-3-4-8-12(11)17-2/h3-4,7-8,10H,5-6,9H2,1-2H3,(H,15,16). The molecule has 0 fully saturated rings. The van der Waals surface area contributed by atoms with Crippen molar-refractivity contribution in [1.82, 2.24) is 5.32 Å². The number of alkyl halides is 1. The van der Waals surface area contributed by atoms with Gasteiger partial charge in [0.2, 0.25) is 0 Å². The lowest BCUT2D eigenvalue weighted by molar-refractivity contribution is 0.0935. The van der Waals surface area contributed by atoms with Crippen LogP contribution in [0.1, 0.15) is 30.1 Å². The Bertz CT molecular complexity index is 370. The molecule has 4 heteroatoms. The van der Waals surface area contributed by atoms with E-state index in [4.69, 9.17) is 0 Å². The van der Waals surface area contributed by atoms with Gasteiger partial charge in [0.05, 0.1) is 5.56 Å². The van der Waals surface area contributed by atoms with E-state index in [1.165, 1.54) is 0 Å². The van der Waals surface area contributed by atoms with Gasteiger partial charge in [0.25, 0.3) is 5.91 Å². The average Bonchev–Trinajstić information content (AvgIpc) is 2.36. The molecule has 1 amide bonds. The van der Waals surface area contributed by atoms with Crippen molar-refractivity contribution < 1.29 is 4.79 Å². The molecule has 0 heterocycles. The van der Waals surface area contributed by atoms with E-state index in [1.807, 2.05) is 37.4 Å². The van der Waals surface area contributed by atoms with E-state index in [-0.39, 0.29) is 11.9 Å². The van der Waals surface area contributed by atoms with E-state index in [0.29, 0.717) is 0 Å². The van der Waals surface area contributed by atoms with Crippen LogP contribution in [0.15, 0.2) is 29.2 Å². The van der Waals surface area contributed by atoms with Gasteiger partial charge < -0.3 is 5.32 Å². The molecule has 1 N–H and O–H groups in total. The summed E-state index contributed by atoms with van der Waals surface area (Å²) in [6.45, 7) is 2.04. The molecule has 2 nitrogen and oxygen atoms in total. The Balaban J connectivity index is 2.63. The maximum atomic E-state index is 12.1. The van der Waals surface area contributed by atoms with E-state index < -0.39 is 0 Å². The SMILES string of the molecule is CSc1ccccc1C(=O)NC(C)CCCBr. The molecular weight excluding hydrogens is 298 g/mol. The topological polar surface area (TPSA) is 29.1 Å². The minimum Gasteiger partial charge on any atom is -0.350 e. The Labute approximate surface area is 116 Å². The zero-order valence-electron chi connectivity index (χ0n) is 10.2. The fourth-order valence-corrected chi connectivity index (χ4v) is 2.51. The minimum absolute atomic E-state index is 0.0250. The first-order valence-corrected chi connectivity index (χ1v) is 8.03. The number of carbonyl (C=O) groups is 1. The zero-order chi connectivity index (χ0) is 12.7. The second kappa shape index (κ2) is 7.77. The number of amides is 1. The summed E-state index contributed by atoms with van der Waals surface area (Å²) in [5, 5.41) is 4.01. The maximum Gasteiger partial charge on any atom is 0.252 e. The molecule has 0 radical (unpaired) electrons. The Morgan fingerprint density at radius 2 is 2.18 bits per heavy atom. The van der Waals surface area contributed by atoms with Crippen LogP contribution in [0.4, 0.5) is 0 Å². The first kappa shape index (κ1) is 14.6. The van der Waals surface area contributed by atoms with Gasteiger partial charge in [-0.15, -0.1) is 11.8 Å². The molecule has 0 aliphatic rings. The fraction of sp³-hybridized carbons (Fsp3) is 0.462. The number of rotatable bonds is 6. The van der Waals surface area contributed by atoms with E-state index in [9.17, 15) is 4.79 Å². The molecular formula is C13H18BrNOS. The van der Waals surface area contributed by atoms with Gasteiger partial charge in [-0.25, -0.2) is 0 Å². The second-order valence-electron chi connectivity index (χ2n) is 3.91. The molecule has 0 aliphatic carbocycles. The van der Waals surface area contributed by atoms with Crippen molar-refractivity contribution in [3.05, 3.63) is 29.8 Å². The van der Waals surface area contributed by atoms with E-state index in [0.717, 1.165) is 28.6 Å². The quantitative estimate of drug-likeness (QED) is 0.640. The van der Waals surface area contributed by atoms with Crippen LogP contribution in [0, 0.1) is 0 Å². The molecule has 0 bridgehead atoms.